The molecule has 10 heteroatoms. The Balaban J connectivity index is 1.31. The standard InChI is InChI=1S/C26H31N7O2S/c1-31-11-8-15-13-32(14-19(15)31)26-28-12-17-22(34)21(24(35)29-16-6-9-27-10-7-16)25-33(23(17)30-26)18-4-2-3-5-20(18)36-25/h2-5,12,15-16,19,26-27,30H,6-11,13-14H2,1H3,(H,29,35). The quantitative estimate of drug-likeness (QED) is 0.502. The maximum absolute atomic E-state index is 13.8. The number of para-hydroxylation sites is 1. The highest BCUT2D eigenvalue weighted by Gasteiger charge is 2.42. The fourth-order valence-corrected chi connectivity index (χ4v) is 7.60. The molecular weight excluding hydrogens is 474 g/mol. The summed E-state index contributed by atoms with van der Waals surface area (Å²) in [5.74, 6) is 1.11. The molecule has 4 aliphatic heterocycles. The first-order valence-corrected chi connectivity index (χ1v) is 13.8. The molecule has 3 saturated heterocycles. The second kappa shape index (κ2) is 8.65. The highest BCUT2D eigenvalue weighted by Crippen LogP contribution is 2.35. The lowest BCUT2D eigenvalue weighted by molar-refractivity contribution is 0.0930. The predicted octanol–water partition coefficient (Wildman–Crippen LogP) is 1.76. The molecule has 4 aliphatic rings. The Morgan fingerprint density at radius 2 is 2.00 bits per heavy atom. The maximum atomic E-state index is 13.8. The van der Waals surface area contributed by atoms with Crippen LogP contribution < -0.4 is 21.4 Å². The molecular formula is C26H31N7O2S. The minimum atomic E-state index is -0.287. The summed E-state index contributed by atoms with van der Waals surface area (Å²) in [5, 5.41) is 10.1. The molecule has 3 N–H and O–H groups in total. The third-order valence-corrected chi connectivity index (χ3v) is 9.54. The van der Waals surface area contributed by atoms with Crippen LogP contribution in [0.5, 0.6) is 0 Å². The summed E-state index contributed by atoms with van der Waals surface area (Å²) in [5.41, 5.74) is 1.41. The van der Waals surface area contributed by atoms with Crippen molar-refractivity contribution in [3.63, 3.8) is 0 Å². The third-order valence-electron chi connectivity index (χ3n) is 8.39. The highest BCUT2D eigenvalue weighted by atomic mass is 32.1. The number of rotatable bonds is 3. The van der Waals surface area contributed by atoms with Crippen LogP contribution in [0.3, 0.4) is 0 Å². The molecule has 3 fully saturated rings. The van der Waals surface area contributed by atoms with E-state index in [4.69, 9.17) is 4.99 Å². The Bertz CT molecular complexity index is 1440. The molecule has 0 bridgehead atoms. The number of nitrogens with zero attached hydrogens (tertiary/aromatic N) is 4. The molecule has 0 radical (unpaired) electrons. The van der Waals surface area contributed by atoms with Gasteiger partial charge in [-0.25, -0.2) is 0 Å². The minimum absolute atomic E-state index is 0.0764. The highest BCUT2D eigenvalue weighted by molar-refractivity contribution is 7.24. The smallest absolute Gasteiger partial charge is 0.258 e. The SMILES string of the molecule is CN1CCC2CN(C3N=Cc4c(n5c(sc6ccccc65)c(C(=O)NC5CCNCC5)c4=O)N3)CC21. The number of carbonyl (C=O) groups is 1. The van der Waals surface area contributed by atoms with Crippen molar-refractivity contribution in [3.8, 4) is 0 Å². The van der Waals surface area contributed by atoms with E-state index in [-0.39, 0.29) is 29.2 Å². The Morgan fingerprint density at radius 3 is 2.83 bits per heavy atom. The Labute approximate surface area is 213 Å². The molecule has 1 amide bonds. The van der Waals surface area contributed by atoms with Crippen molar-refractivity contribution in [2.45, 2.75) is 37.6 Å². The lowest BCUT2D eigenvalue weighted by atomic mass is 10.1. The van der Waals surface area contributed by atoms with E-state index in [1.807, 2.05) is 18.2 Å². The molecule has 188 valence electrons. The number of thiazole rings is 1. The van der Waals surface area contributed by atoms with E-state index >= 15 is 0 Å². The summed E-state index contributed by atoms with van der Waals surface area (Å²) in [4.78, 5) is 37.6. The largest absolute Gasteiger partial charge is 0.349 e. The van der Waals surface area contributed by atoms with Crippen LogP contribution in [0.25, 0.3) is 15.0 Å². The number of benzene rings is 1. The first kappa shape index (κ1) is 22.4. The van der Waals surface area contributed by atoms with Gasteiger partial charge in [0, 0.05) is 31.4 Å². The number of aliphatic imine (C=N–C) groups is 1. The van der Waals surface area contributed by atoms with Gasteiger partial charge in [-0.2, -0.15) is 0 Å². The van der Waals surface area contributed by atoms with Crippen LogP contribution >= 0.6 is 11.3 Å². The molecule has 9 nitrogen and oxygen atoms in total. The second-order valence-corrected chi connectivity index (χ2v) is 11.6. The molecule has 3 unspecified atom stereocenters. The molecule has 0 aliphatic carbocycles. The van der Waals surface area contributed by atoms with Crippen LogP contribution in [-0.2, 0) is 0 Å². The average Bonchev–Trinajstić information content (AvgIpc) is 3.58. The van der Waals surface area contributed by atoms with E-state index in [9.17, 15) is 9.59 Å². The topological polar surface area (TPSA) is 93.5 Å². The monoisotopic (exact) mass is 505 g/mol. The lowest BCUT2D eigenvalue weighted by Gasteiger charge is -2.31. The molecule has 6 heterocycles. The molecule has 36 heavy (non-hydrogen) atoms. The van der Waals surface area contributed by atoms with E-state index in [0.29, 0.717) is 22.4 Å². The fraction of sp³-hybridized carbons (Fsp3) is 0.500. The zero-order valence-corrected chi connectivity index (χ0v) is 21.2. The number of hydrogen-bond acceptors (Lipinski definition) is 8. The van der Waals surface area contributed by atoms with E-state index in [1.54, 1.807) is 6.21 Å². The number of carbonyl (C=O) groups excluding carboxylic acids is 1. The van der Waals surface area contributed by atoms with Gasteiger partial charge in [-0.3, -0.25) is 23.9 Å². The van der Waals surface area contributed by atoms with Crippen LogP contribution in [0.15, 0.2) is 34.1 Å². The van der Waals surface area contributed by atoms with Gasteiger partial charge in [0.1, 0.15) is 16.2 Å². The molecule has 2 aromatic heterocycles. The number of aromatic nitrogens is 1. The maximum Gasteiger partial charge on any atom is 0.258 e. The van der Waals surface area contributed by atoms with E-state index in [2.05, 4.69) is 43.3 Å². The molecule has 7 rings (SSSR count). The summed E-state index contributed by atoms with van der Waals surface area (Å²) in [6.45, 7) is 4.87. The number of pyridine rings is 1. The van der Waals surface area contributed by atoms with Crippen molar-refractivity contribution >= 4 is 44.3 Å². The number of nitrogens with one attached hydrogen (secondary N) is 3. The number of piperidine rings is 1. The number of hydrogen-bond donors (Lipinski definition) is 3. The summed E-state index contributed by atoms with van der Waals surface area (Å²) in [6.07, 6.45) is 4.42. The van der Waals surface area contributed by atoms with Crippen molar-refractivity contribution in [1.29, 1.82) is 0 Å². The predicted molar refractivity (Wildman–Crippen MR) is 144 cm³/mol. The number of likely N-dealkylation sites (N-methyl/N-ethyl adjacent to an activating group) is 1. The van der Waals surface area contributed by atoms with Gasteiger partial charge < -0.3 is 20.9 Å². The van der Waals surface area contributed by atoms with Gasteiger partial charge in [0.25, 0.3) is 5.91 Å². The molecule has 0 spiro atoms. The third kappa shape index (κ3) is 3.50. The van der Waals surface area contributed by atoms with Crippen molar-refractivity contribution in [2.24, 2.45) is 10.9 Å². The number of fused-ring (bicyclic) bond motifs is 6. The first-order chi connectivity index (χ1) is 17.6. The van der Waals surface area contributed by atoms with Gasteiger partial charge in [0.15, 0.2) is 6.29 Å². The van der Waals surface area contributed by atoms with Gasteiger partial charge in [-0.05, 0) is 64.0 Å². The van der Waals surface area contributed by atoms with Crippen LogP contribution in [0.4, 0.5) is 5.82 Å². The lowest BCUT2D eigenvalue weighted by Crippen LogP contribution is -2.45. The molecule has 3 atom stereocenters. The van der Waals surface area contributed by atoms with Gasteiger partial charge in [-0.15, -0.1) is 11.3 Å². The molecule has 3 aromatic rings. The van der Waals surface area contributed by atoms with Crippen LogP contribution in [0.1, 0.15) is 35.2 Å². The Kier molecular flexibility index (Phi) is 5.39. The van der Waals surface area contributed by atoms with Crippen LogP contribution in [0.2, 0.25) is 0 Å². The van der Waals surface area contributed by atoms with Crippen LogP contribution in [0, 0.1) is 5.92 Å². The summed E-state index contributed by atoms with van der Waals surface area (Å²) >= 11 is 1.50. The normalized spacial score (nSPS) is 26.9. The van der Waals surface area contributed by atoms with Gasteiger partial charge in [0.05, 0.1) is 15.8 Å². The first-order valence-electron chi connectivity index (χ1n) is 12.9. The summed E-state index contributed by atoms with van der Waals surface area (Å²) in [6, 6.07) is 8.73. The van der Waals surface area contributed by atoms with Gasteiger partial charge in [-0.1, -0.05) is 12.1 Å². The van der Waals surface area contributed by atoms with Crippen molar-refractivity contribution < 1.29 is 4.79 Å². The van der Waals surface area contributed by atoms with Crippen LogP contribution in [-0.4, -0.2) is 84.5 Å². The van der Waals surface area contributed by atoms with Gasteiger partial charge in [0.2, 0.25) is 5.43 Å². The Morgan fingerprint density at radius 1 is 1.17 bits per heavy atom. The zero-order chi connectivity index (χ0) is 24.4. The summed E-state index contributed by atoms with van der Waals surface area (Å²) < 4.78 is 3.11. The average molecular weight is 506 g/mol. The number of likely N-dealkylation sites (tertiary alicyclic amines) is 2. The van der Waals surface area contributed by atoms with E-state index in [0.717, 1.165) is 61.6 Å². The number of anilines is 1. The fourth-order valence-electron chi connectivity index (χ4n) is 6.41. The van der Waals surface area contributed by atoms with Gasteiger partial charge >= 0.3 is 0 Å². The van der Waals surface area contributed by atoms with Crippen molar-refractivity contribution in [2.75, 3.05) is 45.1 Å². The second-order valence-electron chi connectivity index (χ2n) is 10.5. The van der Waals surface area contributed by atoms with Crippen molar-refractivity contribution in [3.05, 3.63) is 45.6 Å². The number of amides is 1. The minimum Gasteiger partial charge on any atom is -0.349 e. The van der Waals surface area contributed by atoms with E-state index in [1.165, 1.54) is 17.8 Å². The molecule has 0 saturated carbocycles. The Hall–Kier alpha value is -2.79. The molecule has 1 aromatic carbocycles. The summed E-state index contributed by atoms with van der Waals surface area (Å²) in [7, 11) is 2.21. The van der Waals surface area contributed by atoms with E-state index < -0.39 is 0 Å². The zero-order valence-electron chi connectivity index (χ0n) is 20.4. The van der Waals surface area contributed by atoms with Crippen molar-refractivity contribution in [1.82, 2.24) is 24.8 Å².